The third-order valence-electron chi connectivity index (χ3n) is 4.50. The topological polar surface area (TPSA) is 42.4 Å². The lowest BCUT2D eigenvalue weighted by Crippen LogP contribution is -2.31. The van der Waals surface area contributed by atoms with E-state index in [0.29, 0.717) is 6.92 Å². The van der Waals surface area contributed by atoms with Crippen molar-refractivity contribution in [2.45, 2.75) is 38.8 Å². The number of hydrogen-bond acceptors (Lipinski definition) is 3. The number of nitrogens with zero attached hydrogens (tertiary/aromatic N) is 2. The van der Waals surface area contributed by atoms with Crippen LogP contribution in [0.1, 0.15) is 37.1 Å². The Morgan fingerprint density at radius 3 is 2.57 bits per heavy atom. The molecule has 1 aromatic heterocycles. The summed E-state index contributed by atoms with van der Waals surface area (Å²) in [6.45, 7) is 2.35. The third kappa shape index (κ3) is 3.93. The summed E-state index contributed by atoms with van der Waals surface area (Å²) in [4.78, 5) is 16.9. The zero-order valence-electron chi connectivity index (χ0n) is 15.1. The van der Waals surface area contributed by atoms with Gasteiger partial charge in [-0.25, -0.2) is 18.0 Å². The molecule has 0 bridgehead atoms. The van der Waals surface area contributed by atoms with E-state index in [0.717, 1.165) is 18.3 Å². The average molecular weight is 400 g/mol. The number of hydrogen-bond donors (Lipinski definition) is 0. The van der Waals surface area contributed by atoms with Gasteiger partial charge in [-0.1, -0.05) is 6.07 Å². The molecule has 1 amide bonds. The molecule has 3 rings (SSSR count). The predicted octanol–water partition coefficient (Wildman–Crippen LogP) is 5.28. The summed E-state index contributed by atoms with van der Waals surface area (Å²) in [5.74, 6) is -4.34. The van der Waals surface area contributed by atoms with Crippen molar-refractivity contribution in [3.63, 3.8) is 0 Å². The summed E-state index contributed by atoms with van der Waals surface area (Å²) >= 11 is 0. The van der Waals surface area contributed by atoms with E-state index in [2.05, 4.69) is 4.98 Å². The summed E-state index contributed by atoms with van der Waals surface area (Å²) in [6.07, 6.45) is -2.54. The summed E-state index contributed by atoms with van der Waals surface area (Å²) in [7, 11) is 0. The number of halogens is 5. The van der Waals surface area contributed by atoms with Crippen molar-refractivity contribution in [1.29, 1.82) is 0 Å². The highest BCUT2D eigenvalue weighted by atomic mass is 19.3. The second-order valence-corrected chi connectivity index (χ2v) is 6.71. The maximum Gasteiger partial charge on any atom is 0.410 e. The molecule has 4 nitrogen and oxygen atoms in total. The molecular weight excluding hydrogens is 383 g/mol. The van der Waals surface area contributed by atoms with E-state index in [1.165, 1.54) is 17.0 Å². The normalized spacial score (nSPS) is 17.4. The molecule has 0 spiro atoms. The lowest BCUT2D eigenvalue weighted by Gasteiger charge is -2.22. The number of benzene rings is 1. The molecule has 1 fully saturated rings. The SMILES string of the molecule is C[C@H]1COC(=O)N1Cc1cc(-c2ccc(F)c(C(F)F)c2)cnc1C(C)(F)F. The van der Waals surface area contributed by atoms with Crippen LogP contribution in [0.4, 0.5) is 26.7 Å². The fraction of sp³-hybridized carbons (Fsp3) is 0.368. The van der Waals surface area contributed by atoms with Gasteiger partial charge in [0, 0.05) is 18.7 Å². The lowest BCUT2D eigenvalue weighted by molar-refractivity contribution is 0.0111. The second kappa shape index (κ2) is 7.37. The molecule has 1 saturated heterocycles. The van der Waals surface area contributed by atoms with E-state index in [4.69, 9.17) is 4.74 Å². The molecule has 150 valence electrons. The number of carbonyl (C=O) groups is 1. The minimum absolute atomic E-state index is 0.0543. The Bertz CT molecular complexity index is 898. The van der Waals surface area contributed by atoms with E-state index in [-0.39, 0.29) is 35.9 Å². The van der Waals surface area contributed by atoms with Crippen LogP contribution in [-0.2, 0) is 17.2 Å². The molecular formula is C19H17F5N2O2. The molecule has 0 unspecified atom stereocenters. The van der Waals surface area contributed by atoms with Crippen LogP contribution >= 0.6 is 0 Å². The zero-order chi connectivity index (χ0) is 20.6. The first-order chi connectivity index (χ1) is 13.1. The van der Waals surface area contributed by atoms with Crippen LogP contribution in [0.15, 0.2) is 30.5 Å². The Morgan fingerprint density at radius 1 is 1.29 bits per heavy atom. The second-order valence-electron chi connectivity index (χ2n) is 6.71. The molecule has 0 N–H and O–H groups in total. The van der Waals surface area contributed by atoms with Crippen molar-refractivity contribution < 1.29 is 31.5 Å². The fourth-order valence-corrected chi connectivity index (χ4v) is 3.02. The largest absolute Gasteiger partial charge is 0.447 e. The molecule has 28 heavy (non-hydrogen) atoms. The smallest absolute Gasteiger partial charge is 0.410 e. The highest BCUT2D eigenvalue weighted by Gasteiger charge is 2.34. The van der Waals surface area contributed by atoms with Crippen molar-refractivity contribution in [2.75, 3.05) is 6.61 Å². The van der Waals surface area contributed by atoms with Crippen molar-refractivity contribution in [3.8, 4) is 11.1 Å². The monoisotopic (exact) mass is 400 g/mol. The van der Waals surface area contributed by atoms with Gasteiger partial charge in [-0.15, -0.1) is 0 Å². The Hall–Kier alpha value is -2.71. The average Bonchev–Trinajstić information content (AvgIpc) is 2.93. The maximum atomic E-state index is 14.0. The molecule has 0 saturated carbocycles. The number of amides is 1. The van der Waals surface area contributed by atoms with Gasteiger partial charge >= 0.3 is 6.09 Å². The van der Waals surface area contributed by atoms with Crippen molar-refractivity contribution in [2.24, 2.45) is 0 Å². The van der Waals surface area contributed by atoms with E-state index >= 15 is 0 Å². The molecule has 0 radical (unpaired) electrons. The zero-order valence-corrected chi connectivity index (χ0v) is 15.1. The highest BCUT2D eigenvalue weighted by molar-refractivity contribution is 5.70. The van der Waals surface area contributed by atoms with Gasteiger partial charge in [0.15, 0.2) is 0 Å². The molecule has 1 atom stereocenters. The van der Waals surface area contributed by atoms with E-state index < -0.39 is 35.5 Å². The van der Waals surface area contributed by atoms with Gasteiger partial charge in [0.2, 0.25) is 0 Å². The Balaban J connectivity index is 2.05. The van der Waals surface area contributed by atoms with Crippen molar-refractivity contribution >= 4 is 6.09 Å². The molecule has 2 aromatic rings. The van der Waals surface area contributed by atoms with Crippen LogP contribution in [0.25, 0.3) is 11.1 Å². The van der Waals surface area contributed by atoms with E-state index in [1.807, 2.05) is 0 Å². The summed E-state index contributed by atoms with van der Waals surface area (Å²) in [5, 5.41) is 0. The van der Waals surface area contributed by atoms with E-state index in [1.54, 1.807) is 6.92 Å². The molecule has 2 heterocycles. The van der Waals surface area contributed by atoms with Crippen molar-refractivity contribution in [1.82, 2.24) is 9.88 Å². The molecule has 1 aliphatic heterocycles. The summed E-state index contributed by atoms with van der Waals surface area (Å²) in [6, 6.07) is 4.14. The number of cyclic esters (lactones) is 1. The fourth-order valence-electron chi connectivity index (χ4n) is 3.02. The standard InChI is InChI=1S/C19H17F5N2O2/c1-10-9-28-18(27)26(10)8-13-5-12(7-25-16(13)19(2,23)24)11-3-4-15(20)14(6-11)17(21)22/h3-7,10,17H,8-9H2,1-2H3/t10-/m0/s1. The first-order valence-electron chi connectivity index (χ1n) is 8.46. The number of rotatable bonds is 5. The predicted molar refractivity (Wildman–Crippen MR) is 90.5 cm³/mol. The minimum Gasteiger partial charge on any atom is -0.447 e. The van der Waals surface area contributed by atoms with Crippen LogP contribution in [0, 0.1) is 5.82 Å². The number of carbonyl (C=O) groups excluding carboxylic acids is 1. The van der Waals surface area contributed by atoms with Gasteiger partial charge < -0.3 is 4.74 Å². The molecule has 1 aromatic carbocycles. The summed E-state index contributed by atoms with van der Waals surface area (Å²) in [5.41, 5.74) is -0.808. The van der Waals surface area contributed by atoms with Gasteiger partial charge in [-0.3, -0.25) is 9.88 Å². The minimum atomic E-state index is -3.28. The van der Waals surface area contributed by atoms with Gasteiger partial charge in [0.25, 0.3) is 12.3 Å². The first kappa shape index (κ1) is 20.0. The van der Waals surface area contributed by atoms with Crippen LogP contribution in [-0.4, -0.2) is 28.6 Å². The van der Waals surface area contributed by atoms with Crippen molar-refractivity contribution in [3.05, 3.63) is 53.1 Å². The quantitative estimate of drug-likeness (QED) is 0.642. The molecule has 9 heteroatoms. The lowest BCUT2D eigenvalue weighted by atomic mass is 10.00. The van der Waals surface area contributed by atoms with Gasteiger partial charge in [0.05, 0.1) is 18.2 Å². The number of aromatic nitrogens is 1. The van der Waals surface area contributed by atoms with Crippen LogP contribution in [0.3, 0.4) is 0 Å². The van der Waals surface area contributed by atoms with Gasteiger partial charge in [-0.2, -0.15) is 8.78 Å². The van der Waals surface area contributed by atoms with Gasteiger partial charge in [0.1, 0.15) is 18.1 Å². The molecule has 0 aliphatic carbocycles. The number of alkyl halides is 4. The Morgan fingerprint density at radius 2 is 2.00 bits per heavy atom. The Labute approximate surface area is 157 Å². The Kier molecular flexibility index (Phi) is 5.27. The number of ether oxygens (including phenoxy) is 1. The summed E-state index contributed by atoms with van der Waals surface area (Å²) < 4.78 is 72.4. The molecule has 1 aliphatic rings. The van der Waals surface area contributed by atoms with Gasteiger partial charge in [-0.05, 0) is 36.2 Å². The van der Waals surface area contributed by atoms with Crippen LogP contribution < -0.4 is 0 Å². The first-order valence-corrected chi connectivity index (χ1v) is 8.46. The maximum absolute atomic E-state index is 14.0. The number of pyridine rings is 1. The highest BCUT2D eigenvalue weighted by Crippen LogP contribution is 2.34. The third-order valence-corrected chi connectivity index (χ3v) is 4.50. The van der Waals surface area contributed by atoms with Crippen LogP contribution in [0.5, 0.6) is 0 Å². The van der Waals surface area contributed by atoms with E-state index in [9.17, 15) is 26.7 Å². The van der Waals surface area contributed by atoms with Crippen LogP contribution in [0.2, 0.25) is 0 Å².